The summed E-state index contributed by atoms with van der Waals surface area (Å²) in [7, 11) is 1.51. The number of rotatable bonds is 4. The summed E-state index contributed by atoms with van der Waals surface area (Å²) in [5.41, 5.74) is -0.643. The highest BCUT2D eigenvalue weighted by Gasteiger charge is 2.54. The second-order valence-electron chi connectivity index (χ2n) is 7.62. The van der Waals surface area contributed by atoms with Gasteiger partial charge in [0.15, 0.2) is 6.04 Å². The summed E-state index contributed by atoms with van der Waals surface area (Å²) in [4.78, 5) is 40.6. The molecular formula is C20H24N2O6. The number of methoxy groups -OCH3 is 1. The summed E-state index contributed by atoms with van der Waals surface area (Å²) < 4.78 is 11.1. The van der Waals surface area contributed by atoms with Crippen LogP contribution in [0.1, 0.15) is 36.0 Å². The first kappa shape index (κ1) is 18.7. The molecule has 0 aromatic heterocycles. The van der Waals surface area contributed by atoms with Crippen molar-refractivity contribution in [3.8, 4) is 5.75 Å². The Labute approximate surface area is 163 Å². The van der Waals surface area contributed by atoms with Crippen LogP contribution in [0.3, 0.4) is 0 Å². The molecule has 1 atom stereocenters. The van der Waals surface area contributed by atoms with Crippen LogP contribution in [0.2, 0.25) is 0 Å². The van der Waals surface area contributed by atoms with Crippen molar-refractivity contribution in [3.05, 3.63) is 29.8 Å². The van der Waals surface area contributed by atoms with Crippen LogP contribution in [0.15, 0.2) is 24.3 Å². The highest BCUT2D eigenvalue weighted by Crippen LogP contribution is 2.40. The van der Waals surface area contributed by atoms with E-state index >= 15 is 0 Å². The summed E-state index contributed by atoms with van der Waals surface area (Å²) in [5.74, 6) is -0.666. The van der Waals surface area contributed by atoms with E-state index in [1.165, 1.54) is 12.0 Å². The van der Waals surface area contributed by atoms with Gasteiger partial charge in [0, 0.05) is 37.4 Å². The van der Waals surface area contributed by atoms with Crippen LogP contribution in [0.25, 0.3) is 0 Å². The van der Waals surface area contributed by atoms with Crippen molar-refractivity contribution >= 4 is 17.8 Å². The van der Waals surface area contributed by atoms with Crippen molar-refractivity contribution < 1.29 is 29.0 Å². The molecule has 2 saturated heterocycles. The molecule has 1 aliphatic carbocycles. The maximum atomic E-state index is 13.3. The number of likely N-dealkylation sites (tertiary alicyclic amines) is 1. The maximum absolute atomic E-state index is 13.3. The van der Waals surface area contributed by atoms with E-state index in [0.29, 0.717) is 37.2 Å². The lowest BCUT2D eigenvalue weighted by atomic mass is 9.96. The fraction of sp³-hybridized carbons (Fsp3) is 0.550. The van der Waals surface area contributed by atoms with Gasteiger partial charge >= 0.3 is 5.97 Å². The second-order valence-corrected chi connectivity index (χ2v) is 7.62. The minimum atomic E-state index is -1.09. The highest BCUT2D eigenvalue weighted by molar-refractivity contribution is 5.97. The Balaban J connectivity index is 1.58. The summed E-state index contributed by atoms with van der Waals surface area (Å²) in [6.45, 7) is 0.870. The molecule has 8 heteroatoms. The fourth-order valence-corrected chi connectivity index (χ4v) is 4.12. The number of carbonyl (C=O) groups is 3. The molecule has 1 N–H and O–H groups in total. The lowest BCUT2D eigenvalue weighted by Gasteiger charge is -2.44. The zero-order valence-electron chi connectivity index (χ0n) is 15.8. The van der Waals surface area contributed by atoms with Gasteiger partial charge < -0.3 is 19.5 Å². The molecular weight excluding hydrogens is 364 g/mol. The van der Waals surface area contributed by atoms with E-state index in [2.05, 4.69) is 0 Å². The number of nitrogens with zero attached hydrogens (tertiary/aromatic N) is 2. The van der Waals surface area contributed by atoms with Gasteiger partial charge in [-0.2, -0.15) is 0 Å². The topological polar surface area (TPSA) is 96.4 Å². The first-order valence-electron chi connectivity index (χ1n) is 9.58. The standard InChI is InChI=1S/C20H24N2O6/c1-27-15-4-2-3-14(11-15)18(24)22-16(19(25)26)12-28-20(22)7-9-21(10-8-20)17(23)13-5-6-13/h2-4,11,13,16H,5-10,12H2,1H3,(H,25,26). The third-order valence-corrected chi connectivity index (χ3v) is 5.86. The molecule has 2 aliphatic heterocycles. The van der Waals surface area contributed by atoms with E-state index in [1.54, 1.807) is 24.3 Å². The smallest absolute Gasteiger partial charge is 0.328 e. The summed E-state index contributed by atoms with van der Waals surface area (Å²) in [6, 6.07) is 5.61. The number of ether oxygens (including phenoxy) is 2. The van der Waals surface area contributed by atoms with E-state index in [9.17, 15) is 19.5 Å². The fourth-order valence-electron chi connectivity index (χ4n) is 4.12. The van der Waals surface area contributed by atoms with E-state index in [4.69, 9.17) is 9.47 Å². The van der Waals surface area contributed by atoms with Crippen molar-refractivity contribution in [2.75, 3.05) is 26.8 Å². The van der Waals surface area contributed by atoms with Gasteiger partial charge in [-0.15, -0.1) is 0 Å². The molecule has 1 saturated carbocycles. The maximum Gasteiger partial charge on any atom is 0.328 e. The summed E-state index contributed by atoms with van der Waals surface area (Å²) in [5, 5.41) is 9.65. The monoisotopic (exact) mass is 388 g/mol. The predicted molar refractivity (Wildman–Crippen MR) is 97.8 cm³/mol. The van der Waals surface area contributed by atoms with Crippen LogP contribution >= 0.6 is 0 Å². The quantitative estimate of drug-likeness (QED) is 0.836. The van der Waals surface area contributed by atoms with Gasteiger partial charge in [-0.1, -0.05) is 6.07 Å². The molecule has 3 fully saturated rings. The minimum Gasteiger partial charge on any atom is -0.497 e. The minimum absolute atomic E-state index is 0.0540. The molecule has 0 bridgehead atoms. The summed E-state index contributed by atoms with van der Waals surface area (Å²) >= 11 is 0. The van der Waals surface area contributed by atoms with Crippen LogP contribution < -0.4 is 4.74 Å². The number of benzene rings is 1. The lowest BCUT2D eigenvalue weighted by molar-refractivity contribution is -0.148. The highest BCUT2D eigenvalue weighted by atomic mass is 16.5. The van der Waals surface area contributed by atoms with Crippen LogP contribution in [-0.2, 0) is 14.3 Å². The average molecular weight is 388 g/mol. The molecule has 0 radical (unpaired) electrons. The number of carboxylic acid groups (broad SMARTS) is 1. The number of hydrogen-bond acceptors (Lipinski definition) is 5. The van der Waals surface area contributed by atoms with Gasteiger partial charge in [0.25, 0.3) is 5.91 Å². The van der Waals surface area contributed by atoms with Gasteiger partial charge in [0.2, 0.25) is 5.91 Å². The van der Waals surface area contributed by atoms with Crippen molar-refractivity contribution in [1.29, 1.82) is 0 Å². The van der Waals surface area contributed by atoms with Gasteiger partial charge in [-0.25, -0.2) is 4.79 Å². The Morgan fingerprint density at radius 3 is 2.54 bits per heavy atom. The van der Waals surface area contributed by atoms with Crippen molar-refractivity contribution in [1.82, 2.24) is 9.80 Å². The third kappa shape index (κ3) is 3.22. The van der Waals surface area contributed by atoms with Crippen molar-refractivity contribution in [3.63, 3.8) is 0 Å². The Morgan fingerprint density at radius 2 is 1.93 bits per heavy atom. The Morgan fingerprint density at radius 1 is 1.21 bits per heavy atom. The van der Waals surface area contributed by atoms with Gasteiger partial charge in [-0.3, -0.25) is 14.5 Å². The summed E-state index contributed by atoms with van der Waals surface area (Å²) in [6.07, 6.45) is 2.70. The van der Waals surface area contributed by atoms with Crippen LogP contribution in [-0.4, -0.2) is 71.3 Å². The Bertz CT molecular complexity index is 798. The molecule has 1 unspecified atom stereocenters. The molecule has 3 aliphatic rings. The molecule has 2 heterocycles. The number of carbonyl (C=O) groups excluding carboxylic acids is 2. The lowest BCUT2D eigenvalue weighted by Crippen LogP contribution is -2.58. The van der Waals surface area contributed by atoms with E-state index in [0.717, 1.165) is 12.8 Å². The molecule has 2 amide bonds. The molecule has 8 nitrogen and oxygen atoms in total. The van der Waals surface area contributed by atoms with E-state index in [1.807, 2.05) is 4.90 Å². The molecule has 1 aromatic carbocycles. The number of hydrogen-bond donors (Lipinski definition) is 1. The van der Waals surface area contributed by atoms with E-state index in [-0.39, 0.29) is 18.4 Å². The third-order valence-electron chi connectivity index (χ3n) is 5.86. The molecule has 4 rings (SSSR count). The largest absolute Gasteiger partial charge is 0.497 e. The van der Waals surface area contributed by atoms with Crippen molar-refractivity contribution in [2.24, 2.45) is 5.92 Å². The molecule has 150 valence electrons. The first-order chi connectivity index (χ1) is 13.4. The second kappa shape index (κ2) is 7.09. The zero-order chi connectivity index (χ0) is 19.9. The SMILES string of the molecule is COc1cccc(C(=O)N2C(C(=O)O)COC23CCN(C(=O)C2CC2)CC3)c1. The average Bonchev–Trinajstić information content (AvgIpc) is 3.50. The number of carboxylic acids is 1. The van der Waals surface area contributed by atoms with Crippen molar-refractivity contribution in [2.45, 2.75) is 37.5 Å². The van der Waals surface area contributed by atoms with Gasteiger partial charge in [0.05, 0.1) is 13.7 Å². The molecule has 1 aromatic rings. The van der Waals surface area contributed by atoms with Crippen LogP contribution in [0.4, 0.5) is 0 Å². The Hall–Kier alpha value is -2.61. The molecule has 1 spiro atoms. The van der Waals surface area contributed by atoms with Crippen LogP contribution in [0.5, 0.6) is 5.75 Å². The zero-order valence-corrected chi connectivity index (χ0v) is 15.8. The first-order valence-corrected chi connectivity index (χ1v) is 9.58. The van der Waals surface area contributed by atoms with Gasteiger partial charge in [0.1, 0.15) is 11.5 Å². The normalized spacial score (nSPS) is 23.7. The number of aliphatic carboxylic acids is 1. The van der Waals surface area contributed by atoms with E-state index < -0.39 is 23.6 Å². The predicted octanol–water partition coefficient (Wildman–Crippen LogP) is 1.35. The Kier molecular flexibility index (Phi) is 4.74. The number of amides is 2. The van der Waals surface area contributed by atoms with Gasteiger partial charge in [-0.05, 0) is 31.0 Å². The van der Waals surface area contributed by atoms with Crippen LogP contribution in [0, 0.1) is 5.92 Å². The molecule has 28 heavy (non-hydrogen) atoms. The number of piperidine rings is 1.